The summed E-state index contributed by atoms with van der Waals surface area (Å²) in [6.07, 6.45) is 2.60. The Balaban J connectivity index is 1.82. The molecule has 1 unspecified atom stereocenters. The second kappa shape index (κ2) is 7.29. The van der Waals surface area contributed by atoms with Gasteiger partial charge in [0, 0.05) is 12.5 Å². The van der Waals surface area contributed by atoms with Crippen LogP contribution in [0, 0.1) is 0 Å². The van der Waals surface area contributed by atoms with E-state index in [1.54, 1.807) is 7.11 Å². The van der Waals surface area contributed by atoms with Crippen LogP contribution in [0.5, 0.6) is 5.75 Å². The fraction of sp³-hybridized carbons (Fsp3) is 0.562. The number of hydrogen-bond acceptors (Lipinski definition) is 3. The fourth-order valence-electron chi connectivity index (χ4n) is 2.58. The summed E-state index contributed by atoms with van der Waals surface area (Å²) in [6, 6.07) is 8.28. The summed E-state index contributed by atoms with van der Waals surface area (Å²) in [5, 5.41) is 6.44. The van der Waals surface area contributed by atoms with E-state index >= 15 is 0 Å². The molecule has 0 radical (unpaired) electrons. The van der Waals surface area contributed by atoms with Crippen molar-refractivity contribution in [2.45, 2.75) is 38.1 Å². The SMILES string of the molecule is COc1ccc(C(C)CC(=O)NC2CCNCC2)cc1. The van der Waals surface area contributed by atoms with E-state index < -0.39 is 0 Å². The van der Waals surface area contributed by atoms with Gasteiger partial charge in [0.15, 0.2) is 0 Å². The molecule has 0 spiro atoms. The molecule has 1 fully saturated rings. The highest BCUT2D eigenvalue weighted by molar-refractivity contribution is 5.77. The van der Waals surface area contributed by atoms with Crippen LogP contribution in [0.4, 0.5) is 0 Å². The number of methoxy groups -OCH3 is 1. The zero-order valence-corrected chi connectivity index (χ0v) is 12.3. The molecule has 1 aliphatic heterocycles. The quantitative estimate of drug-likeness (QED) is 0.865. The summed E-state index contributed by atoms with van der Waals surface area (Å²) in [5.41, 5.74) is 1.17. The molecule has 1 aromatic rings. The predicted molar refractivity (Wildman–Crippen MR) is 80.1 cm³/mol. The minimum atomic E-state index is 0.153. The van der Waals surface area contributed by atoms with Gasteiger partial charge in [-0.15, -0.1) is 0 Å². The van der Waals surface area contributed by atoms with Crippen LogP contribution in [0.15, 0.2) is 24.3 Å². The molecule has 1 saturated heterocycles. The van der Waals surface area contributed by atoms with Gasteiger partial charge < -0.3 is 15.4 Å². The number of carbonyl (C=O) groups excluding carboxylic acids is 1. The Kier molecular flexibility index (Phi) is 5.41. The Morgan fingerprint density at radius 1 is 1.35 bits per heavy atom. The van der Waals surface area contributed by atoms with Crippen molar-refractivity contribution in [1.29, 1.82) is 0 Å². The van der Waals surface area contributed by atoms with Gasteiger partial charge in [0.1, 0.15) is 5.75 Å². The van der Waals surface area contributed by atoms with Gasteiger partial charge in [0.2, 0.25) is 5.91 Å². The first kappa shape index (κ1) is 14.9. The van der Waals surface area contributed by atoms with E-state index in [0.717, 1.165) is 31.7 Å². The molecule has 0 bridgehead atoms. The van der Waals surface area contributed by atoms with Gasteiger partial charge in [-0.2, -0.15) is 0 Å². The van der Waals surface area contributed by atoms with E-state index in [9.17, 15) is 4.79 Å². The predicted octanol–water partition coefficient (Wildman–Crippen LogP) is 2.06. The van der Waals surface area contributed by atoms with E-state index in [4.69, 9.17) is 4.74 Å². The Hall–Kier alpha value is -1.55. The lowest BCUT2D eigenvalue weighted by Gasteiger charge is -2.24. The van der Waals surface area contributed by atoms with Crippen LogP contribution in [-0.4, -0.2) is 32.1 Å². The molecule has 0 aliphatic carbocycles. The Morgan fingerprint density at radius 2 is 2.00 bits per heavy atom. The van der Waals surface area contributed by atoms with Gasteiger partial charge in [0.05, 0.1) is 7.11 Å². The molecular weight excluding hydrogens is 252 g/mol. The third-order valence-corrected chi connectivity index (χ3v) is 3.88. The van der Waals surface area contributed by atoms with Crippen LogP contribution < -0.4 is 15.4 Å². The lowest BCUT2D eigenvalue weighted by atomic mass is 9.97. The molecule has 0 saturated carbocycles. The van der Waals surface area contributed by atoms with Gasteiger partial charge in [-0.05, 0) is 49.5 Å². The van der Waals surface area contributed by atoms with Gasteiger partial charge in [-0.1, -0.05) is 19.1 Å². The average molecular weight is 276 g/mol. The van der Waals surface area contributed by atoms with Crippen LogP contribution in [0.2, 0.25) is 0 Å². The highest BCUT2D eigenvalue weighted by Crippen LogP contribution is 2.21. The molecule has 2 rings (SSSR count). The van der Waals surface area contributed by atoms with E-state index in [1.165, 1.54) is 5.56 Å². The molecule has 20 heavy (non-hydrogen) atoms. The minimum Gasteiger partial charge on any atom is -0.497 e. The zero-order chi connectivity index (χ0) is 14.4. The number of hydrogen-bond donors (Lipinski definition) is 2. The highest BCUT2D eigenvalue weighted by atomic mass is 16.5. The maximum Gasteiger partial charge on any atom is 0.220 e. The van der Waals surface area contributed by atoms with Crippen molar-refractivity contribution in [1.82, 2.24) is 10.6 Å². The summed E-state index contributed by atoms with van der Waals surface area (Å²) in [6.45, 7) is 4.09. The second-order valence-electron chi connectivity index (χ2n) is 5.47. The summed E-state index contributed by atoms with van der Waals surface area (Å²) < 4.78 is 5.15. The van der Waals surface area contributed by atoms with Crippen molar-refractivity contribution in [3.63, 3.8) is 0 Å². The first-order valence-electron chi connectivity index (χ1n) is 7.33. The molecule has 4 nitrogen and oxygen atoms in total. The van der Waals surface area contributed by atoms with Crippen LogP contribution in [0.25, 0.3) is 0 Å². The number of amides is 1. The van der Waals surface area contributed by atoms with Crippen molar-refractivity contribution < 1.29 is 9.53 Å². The van der Waals surface area contributed by atoms with Crippen molar-refractivity contribution in [2.24, 2.45) is 0 Å². The first-order valence-corrected chi connectivity index (χ1v) is 7.33. The summed E-state index contributed by atoms with van der Waals surface area (Å²) >= 11 is 0. The number of ether oxygens (including phenoxy) is 1. The van der Waals surface area contributed by atoms with Crippen molar-refractivity contribution >= 4 is 5.91 Å². The maximum atomic E-state index is 12.1. The molecule has 1 aromatic carbocycles. The average Bonchev–Trinajstić information content (AvgIpc) is 2.48. The molecule has 0 aromatic heterocycles. The van der Waals surface area contributed by atoms with E-state index in [1.807, 2.05) is 24.3 Å². The minimum absolute atomic E-state index is 0.153. The lowest BCUT2D eigenvalue weighted by molar-refractivity contribution is -0.122. The third kappa shape index (κ3) is 4.23. The normalized spacial score (nSPS) is 17.5. The fourth-order valence-corrected chi connectivity index (χ4v) is 2.58. The first-order chi connectivity index (χ1) is 9.69. The maximum absolute atomic E-state index is 12.1. The number of nitrogens with one attached hydrogen (secondary N) is 2. The Labute approximate surface area is 120 Å². The Morgan fingerprint density at radius 3 is 2.60 bits per heavy atom. The largest absolute Gasteiger partial charge is 0.497 e. The summed E-state index contributed by atoms with van der Waals surface area (Å²) in [4.78, 5) is 12.1. The van der Waals surface area contributed by atoms with Gasteiger partial charge in [-0.25, -0.2) is 0 Å². The number of benzene rings is 1. The molecule has 1 heterocycles. The lowest BCUT2D eigenvalue weighted by Crippen LogP contribution is -2.42. The van der Waals surface area contributed by atoms with Crippen LogP contribution in [0.3, 0.4) is 0 Å². The van der Waals surface area contributed by atoms with Crippen LogP contribution in [0.1, 0.15) is 37.7 Å². The highest BCUT2D eigenvalue weighted by Gasteiger charge is 2.17. The number of piperidine rings is 1. The molecule has 4 heteroatoms. The van der Waals surface area contributed by atoms with Crippen molar-refractivity contribution in [3.05, 3.63) is 29.8 Å². The van der Waals surface area contributed by atoms with Crippen molar-refractivity contribution in [2.75, 3.05) is 20.2 Å². The Bertz CT molecular complexity index is 425. The standard InChI is InChI=1S/C16H24N2O2/c1-12(13-3-5-15(20-2)6-4-13)11-16(19)18-14-7-9-17-10-8-14/h3-6,12,14,17H,7-11H2,1-2H3,(H,18,19). The van der Waals surface area contributed by atoms with Gasteiger partial charge in [-0.3, -0.25) is 4.79 Å². The third-order valence-electron chi connectivity index (χ3n) is 3.88. The monoisotopic (exact) mass is 276 g/mol. The molecule has 1 amide bonds. The molecule has 110 valence electrons. The number of carbonyl (C=O) groups is 1. The molecule has 1 atom stereocenters. The topological polar surface area (TPSA) is 50.4 Å². The van der Waals surface area contributed by atoms with Gasteiger partial charge in [0.25, 0.3) is 0 Å². The van der Waals surface area contributed by atoms with Crippen molar-refractivity contribution in [3.8, 4) is 5.75 Å². The second-order valence-corrected chi connectivity index (χ2v) is 5.47. The van der Waals surface area contributed by atoms with E-state index in [2.05, 4.69) is 17.6 Å². The zero-order valence-electron chi connectivity index (χ0n) is 12.3. The molecular formula is C16H24N2O2. The van der Waals surface area contributed by atoms with Gasteiger partial charge >= 0.3 is 0 Å². The van der Waals surface area contributed by atoms with Crippen LogP contribution >= 0.6 is 0 Å². The summed E-state index contributed by atoms with van der Waals surface area (Å²) in [7, 11) is 1.66. The smallest absolute Gasteiger partial charge is 0.220 e. The van der Waals surface area contributed by atoms with Crippen LogP contribution in [-0.2, 0) is 4.79 Å². The van der Waals surface area contributed by atoms with E-state index in [-0.39, 0.29) is 11.8 Å². The summed E-state index contributed by atoms with van der Waals surface area (Å²) in [5.74, 6) is 1.22. The molecule has 2 N–H and O–H groups in total. The molecule has 1 aliphatic rings. The number of rotatable bonds is 5. The van der Waals surface area contributed by atoms with E-state index in [0.29, 0.717) is 12.5 Å².